The van der Waals surface area contributed by atoms with Crippen LogP contribution in [0.5, 0.6) is 0 Å². The summed E-state index contributed by atoms with van der Waals surface area (Å²) in [6.07, 6.45) is 3.04. The second kappa shape index (κ2) is 10.5. The molecule has 1 aromatic heterocycles. The Bertz CT molecular complexity index is 1750. The molecule has 2 N–H and O–H groups in total. The zero-order valence-electron chi connectivity index (χ0n) is 22.7. The quantitative estimate of drug-likeness (QED) is 0.246. The van der Waals surface area contributed by atoms with E-state index in [0.29, 0.717) is 54.4 Å². The summed E-state index contributed by atoms with van der Waals surface area (Å²) in [6, 6.07) is 22.7. The van der Waals surface area contributed by atoms with Crippen molar-refractivity contribution in [3.8, 4) is 0 Å². The molecule has 0 aliphatic carbocycles. The van der Waals surface area contributed by atoms with Gasteiger partial charge in [-0.2, -0.15) is 4.31 Å². The number of likely N-dealkylation sites (tertiary alicyclic amines) is 1. The number of anilines is 1. The predicted octanol–water partition coefficient (Wildman–Crippen LogP) is 4.85. The molecular formula is C32H32N4O4S. The molecule has 210 valence electrons. The van der Waals surface area contributed by atoms with Crippen molar-refractivity contribution in [3.05, 3.63) is 95.2 Å². The van der Waals surface area contributed by atoms with Crippen molar-refractivity contribution in [1.82, 2.24) is 14.2 Å². The number of hydrogen-bond acceptors (Lipinski definition) is 5. The van der Waals surface area contributed by atoms with Crippen molar-refractivity contribution in [2.24, 2.45) is 0 Å². The number of aromatic nitrogens is 1. The molecule has 0 saturated carbocycles. The Morgan fingerprint density at radius 2 is 1.68 bits per heavy atom. The molecule has 0 spiro atoms. The second-order valence-corrected chi connectivity index (χ2v) is 12.8. The second-order valence-electron chi connectivity index (χ2n) is 10.9. The molecule has 4 heterocycles. The number of carbonyl (C=O) groups excluding carboxylic acids is 1. The number of nitrogens with one attached hydrogen (secondary N) is 2. The van der Waals surface area contributed by atoms with Gasteiger partial charge < -0.3 is 15.0 Å². The first-order valence-electron chi connectivity index (χ1n) is 14.2. The molecule has 3 aliphatic heterocycles. The van der Waals surface area contributed by atoms with Gasteiger partial charge in [0.15, 0.2) is 5.76 Å². The van der Waals surface area contributed by atoms with E-state index in [-0.39, 0.29) is 10.8 Å². The van der Waals surface area contributed by atoms with Crippen LogP contribution in [0.15, 0.2) is 77.7 Å². The minimum atomic E-state index is -3.79. The van der Waals surface area contributed by atoms with Crippen LogP contribution in [-0.4, -0.2) is 61.3 Å². The van der Waals surface area contributed by atoms with E-state index in [2.05, 4.69) is 21.3 Å². The van der Waals surface area contributed by atoms with Gasteiger partial charge in [0, 0.05) is 41.8 Å². The molecule has 8 nitrogen and oxygen atoms in total. The monoisotopic (exact) mass is 568 g/mol. The first-order chi connectivity index (χ1) is 20.0. The van der Waals surface area contributed by atoms with E-state index in [1.54, 1.807) is 18.2 Å². The lowest BCUT2D eigenvalue weighted by molar-refractivity contribution is -0.110. The third kappa shape index (κ3) is 4.84. The number of hydrogen-bond donors (Lipinski definition) is 2. The molecule has 41 heavy (non-hydrogen) atoms. The minimum absolute atomic E-state index is 0.165. The van der Waals surface area contributed by atoms with Crippen molar-refractivity contribution in [3.63, 3.8) is 0 Å². The highest BCUT2D eigenvalue weighted by Gasteiger charge is 2.34. The van der Waals surface area contributed by atoms with E-state index in [1.807, 2.05) is 48.5 Å². The fraction of sp³-hybridized carbons (Fsp3) is 0.281. The summed E-state index contributed by atoms with van der Waals surface area (Å²) < 4.78 is 35.6. The highest BCUT2D eigenvalue weighted by atomic mass is 32.2. The van der Waals surface area contributed by atoms with Crippen LogP contribution >= 0.6 is 0 Å². The van der Waals surface area contributed by atoms with Gasteiger partial charge in [0.2, 0.25) is 10.0 Å². The summed E-state index contributed by atoms with van der Waals surface area (Å²) in [5, 5.41) is 3.93. The predicted molar refractivity (Wildman–Crippen MR) is 160 cm³/mol. The number of ether oxygens (including phenoxy) is 1. The number of aromatic amines is 1. The number of amides is 1. The SMILES string of the molecule is O=C1Nc2ccc(S(=O)(=O)N3CCc4ccccc4C3)cc2C1=C(OCCN1CCCC1)c1cc2ccccc2[nH]1. The molecule has 3 aromatic carbocycles. The Labute approximate surface area is 239 Å². The molecule has 7 rings (SSSR count). The fourth-order valence-corrected chi connectivity index (χ4v) is 7.57. The summed E-state index contributed by atoms with van der Waals surface area (Å²) in [4.78, 5) is 19.4. The van der Waals surface area contributed by atoms with Crippen LogP contribution < -0.4 is 5.32 Å². The normalized spacial score (nSPS) is 18.8. The molecule has 0 unspecified atom stereocenters. The topological polar surface area (TPSA) is 94.7 Å². The summed E-state index contributed by atoms with van der Waals surface area (Å²) >= 11 is 0. The maximum atomic E-state index is 13.8. The van der Waals surface area contributed by atoms with E-state index >= 15 is 0 Å². The van der Waals surface area contributed by atoms with Gasteiger partial charge >= 0.3 is 0 Å². The molecule has 3 aliphatic rings. The third-order valence-electron chi connectivity index (χ3n) is 8.32. The molecule has 4 aromatic rings. The standard InChI is InChI=1S/C32H32N4O4S/c37-32-30(31(40-18-17-35-14-5-6-15-35)29-19-23-8-3-4-10-27(23)33-29)26-20-25(11-12-28(26)34-32)41(38,39)36-16-13-22-7-1-2-9-24(22)21-36/h1-4,7-12,19-20,33H,5-6,13-18,21H2,(H,34,37). The van der Waals surface area contributed by atoms with Gasteiger partial charge in [-0.25, -0.2) is 8.42 Å². The van der Waals surface area contributed by atoms with Crippen LogP contribution in [0, 0.1) is 0 Å². The van der Waals surface area contributed by atoms with Gasteiger partial charge in [-0.15, -0.1) is 0 Å². The zero-order chi connectivity index (χ0) is 28.0. The average Bonchev–Trinajstić information content (AvgIpc) is 3.73. The molecule has 1 saturated heterocycles. The van der Waals surface area contributed by atoms with Crippen molar-refractivity contribution in [2.75, 3.05) is 38.1 Å². The first kappa shape index (κ1) is 26.0. The average molecular weight is 569 g/mol. The smallest absolute Gasteiger partial charge is 0.260 e. The summed E-state index contributed by atoms with van der Waals surface area (Å²) in [5.74, 6) is 0.120. The Hall–Kier alpha value is -3.92. The summed E-state index contributed by atoms with van der Waals surface area (Å²) in [7, 11) is -3.79. The maximum absolute atomic E-state index is 13.8. The number of rotatable bonds is 7. The number of H-pyrrole nitrogens is 1. The Morgan fingerprint density at radius 3 is 2.51 bits per heavy atom. The van der Waals surface area contributed by atoms with E-state index in [4.69, 9.17) is 4.74 Å². The molecule has 9 heteroatoms. The molecule has 0 bridgehead atoms. The van der Waals surface area contributed by atoms with Gasteiger partial charge in [0.1, 0.15) is 6.61 Å². The van der Waals surface area contributed by atoms with Crippen molar-refractivity contribution in [1.29, 1.82) is 0 Å². The van der Waals surface area contributed by atoms with Gasteiger partial charge in [0.25, 0.3) is 5.91 Å². The highest BCUT2D eigenvalue weighted by molar-refractivity contribution is 7.89. The van der Waals surface area contributed by atoms with Crippen molar-refractivity contribution in [2.45, 2.75) is 30.7 Å². The fourth-order valence-electron chi connectivity index (χ4n) is 6.12. The van der Waals surface area contributed by atoms with E-state index in [9.17, 15) is 13.2 Å². The van der Waals surface area contributed by atoms with E-state index in [0.717, 1.165) is 36.1 Å². The molecule has 1 fully saturated rings. The first-order valence-corrected chi connectivity index (χ1v) is 15.6. The lowest BCUT2D eigenvalue weighted by Crippen LogP contribution is -2.35. The lowest BCUT2D eigenvalue weighted by atomic mass is 10.0. The molecular weight excluding hydrogens is 536 g/mol. The Morgan fingerprint density at radius 1 is 0.902 bits per heavy atom. The van der Waals surface area contributed by atoms with E-state index in [1.165, 1.54) is 22.7 Å². The highest BCUT2D eigenvalue weighted by Crippen LogP contribution is 2.40. The van der Waals surface area contributed by atoms with Crippen LogP contribution in [0.1, 0.15) is 35.2 Å². The van der Waals surface area contributed by atoms with Crippen LogP contribution in [0.3, 0.4) is 0 Å². The minimum Gasteiger partial charge on any atom is -0.489 e. The largest absolute Gasteiger partial charge is 0.489 e. The Balaban J connectivity index is 1.27. The van der Waals surface area contributed by atoms with Crippen LogP contribution in [0.4, 0.5) is 5.69 Å². The molecule has 1 amide bonds. The zero-order valence-corrected chi connectivity index (χ0v) is 23.5. The number of fused-ring (bicyclic) bond motifs is 3. The number of benzene rings is 3. The number of nitrogens with zero attached hydrogens (tertiary/aromatic N) is 2. The van der Waals surface area contributed by atoms with Gasteiger partial charge in [-0.05, 0) is 73.8 Å². The van der Waals surface area contributed by atoms with Crippen molar-refractivity contribution >= 4 is 43.9 Å². The molecule has 0 atom stereocenters. The van der Waals surface area contributed by atoms with Crippen LogP contribution in [-0.2, 0) is 32.5 Å². The molecule has 0 radical (unpaired) electrons. The number of carbonyl (C=O) groups is 1. The summed E-state index contributed by atoms with van der Waals surface area (Å²) in [6.45, 7) is 4.02. The number of sulfonamides is 1. The van der Waals surface area contributed by atoms with Gasteiger partial charge in [0.05, 0.1) is 16.2 Å². The van der Waals surface area contributed by atoms with Crippen LogP contribution in [0.25, 0.3) is 22.2 Å². The van der Waals surface area contributed by atoms with Crippen LogP contribution in [0.2, 0.25) is 0 Å². The lowest BCUT2D eigenvalue weighted by Gasteiger charge is -2.28. The summed E-state index contributed by atoms with van der Waals surface area (Å²) in [5.41, 5.74) is 5.27. The van der Waals surface area contributed by atoms with Gasteiger partial charge in [-0.3, -0.25) is 9.69 Å². The number of para-hydroxylation sites is 1. The van der Waals surface area contributed by atoms with Gasteiger partial charge in [-0.1, -0.05) is 42.5 Å². The van der Waals surface area contributed by atoms with Crippen molar-refractivity contribution < 1.29 is 17.9 Å². The Kier molecular flexibility index (Phi) is 6.65. The maximum Gasteiger partial charge on any atom is 0.260 e. The third-order valence-corrected chi connectivity index (χ3v) is 10.2. The van der Waals surface area contributed by atoms with E-state index < -0.39 is 10.0 Å².